The maximum Gasteiger partial charge on any atom is 0.123 e. The van der Waals surface area contributed by atoms with E-state index in [-0.39, 0.29) is 24.8 Å². The van der Waals surface area contributed by atoms with E-state index in [0.717, 1.165) is 25.4 Å². The lowest BCUT2D eigenvalue weighted by Crippen LogP contribution is -2.26. The van der Waals surface area contributed by atoms with Crippen LogP contribution < -0.4 is 10.1 Å². The van der Waals surface area contributed by atoms with Gasteiger partial charge >= 0.3 is 0 Å². The minimum absolute atomic E-state index is 0. The van der Waals surface area contributed by atoms with E-state index in [9.17, 15) is 0 Å². The van der Waals surface area contributed by atoms with E-state index in [1.165, 1.54) is 5.56 Å². The first-order valence-corrected chi connectivity index (χ1v) is 5.21. The van der Waals surface area contributed by atoms with Crippen molar-refractivity contribution in [1.82, 2.24) is 10.2 Å². The van der Waals surface area contributed by atoms with Crippen molar-refractivity contribution in [3.05, 3.63) is 29.8 Å². The third kappa shape index (κ3) is 7.45. The molecule has 0 aliphatic rings. The molecule has 0 amide bonds. The Morgan fingerprint density at radius 1 is 1.18 bits per heavy atom. The number of methoxy groups -OCH3 is 1. The molecule has 5 heteroatoms. The van der Waals surface area contributed by atoms with Gasteiger partial charge in [0.1, 0.15) is 5.75 Å². The summed E-state index contributed by atoms with van der Waals surface area (Å²) in [5.74, 6) is 0.954. The van der Waals surface area contributed by atoms with Crippen LogP contribution in [0.25, 0.3) is 0 Å². The SMILES string of the molecule is COc1ccccc1CNCCN(C)C.Cl.Cl. The minimum atomic E-state index is 0. The largest absolute Gasteiger partial charge is 0.496 e. The zero-order chi connectivity index (χ0) is 11.1. The van der Waals surface area contributed by atoms with Gasteiger partial charge < -0.3 is 15.0 Å². The van der Waals surface area contributed by atoms with Gasteiger partial charge in [0.05, 0.1) is 7.11 Å². The number of nitrogens with one attached hydrogen (secondary N) is 1. The summed E-state index contributed by atoms with van der Waals surface area (Å²) in [7, 11) is 5.86. The molecule has 0 fully saturated rings. The van der Waals surface area contributed by atoms with Crippen LogP contribution in [-0.4, -0.2) is 39.2 Å². The summed E-state index contributed by atoms with van der Waals surface area (Å²) in [6.45, 7) is 2.90. The third-order valence-electron chi connectivity index (χ3n) is 2.24. The van der Waals surface area contributed by atoms with Gasteiger partial charge in [0.2, 0.25) is 0 Å². The zero-order valence-electron chi connectivity index (χ0n) is 10.6. The van der Waals surface area contributed by atoms with Crippen LogP contribution in [0.5, 0.6) is 5.75 Å². The van der Waals surface area contributed by atoms with E-state index in [0.29, 0.717) is 0 Å². The van der Waals surface area contributed by atoms with E-state index in [1.54, 1.807) is 7.11 Å². The van der Waals surface area contributed by atoms with Crippen molar-refractivity contribution in [1.29, 1.82) is 0 Å². The molecule has 1 aromatic carbocycles. The van der Waals surface area contributed by atoms with Gasteiger partial charge in [-0.2, -0.15) is 0 Å². The highest BCUT2D eigenvalue weighted by atomic mass is 35.5. The first-order valence-electron chi connectivity index (χ1n) is 5.21. The summed E-state index contributed by atoms with van der Waals surface area (Å²) < 4.78 is 5.27. The first-order chi connectivity index (χ1) is 7.24. The Bertz CT molecular complexity index is 296. The molecular formula is C12H22Cl2N2O. The number of benzene rings is 1. The molecule has 0 unspecified atom stereocenters. The molecule has 0 spiro atoms. The van der Waals surface area contributed by atoms with E-state index in [4.69, 9.17) is 4.74 Å². The monoisotopic (exact) mass is 280 g/mol. The molecule has 0 aliphatic carbocycles. The lowest BCUT2D eigenvalue weighted by molar-refractivity contribution is 0.392. The Morgan fingerprint density at radius 2 is 1.82 bits per heavy atom. The summed E-state index contributed by atoms with van der Waals surface area (Å²) in [6.07, 6.45) is 0. The van der Waals surface area contributed by atoms with Gasteiger partial charge in [-0.3, -0.25) is 0 Å². The normalized spacial score (nSPS) is 9.41. The molecule has 0 bridgehead atoms. The van der Waals surface area contributed by atoms with Gasteiger partial charge in [-0.05, 0) is 20.2 Å². The highest BCUT2D eigenvalue weighted by molar-refractivity contribution is 5.85. The topological polar surface area (TPSA) is 24.5 Å². The quantitative estimate of drug-likeness (QED) is 0.809. The fourth-order valence-corrected chi connectivity index (χ4v) is 1.37. The van der Waals surface area contributed by atoms with Crippen LogP contribution in [0.2, 0.25) is 0 Å². The molecule has 1 aromatic rings. The van der Waals surface area contributed by atoms with E-state index < -0.39 is 0 Å². The van der Waals surface area contributed by atoms with Crippen molar-refractivity contribution in [2.24, 2.45) is 0 Å². The second kappa shape index (κ2) is 10.7. The number of hydrogen-bond acceptors (Lipinski definition) is 3. The van der Waals surface area contributed by atoms with Gasteiger partial charge in [-0.15, -0.1) is 24.8 Å². The summed E-state index contributed by atoms with van der Waals surface area (Å²) in [5.41, 5.74) is 1.21. The van der Waals surface area contributed by atoms with E-state index in [1.807, 2.05) is 18.2 Å². The highest BCUT2D eigenvalue weighted by Gasteiger charge is 2.00. The van der Waals surface area contributed by atoms with Crippen LogP contribution in [0.3, 0.4) is 0 Å². The molecule has 0 heterocycles. The number of rotatable bonds is 6. The van der Waals surface area contributed by atoms with Crippen LogP contribution in [0.15, 0.2) is 24.3 Å². The third-order valence-corrected chi connectivity index (χ3v) is 2.24. The van der Waals surface area contributed by atoms with Crippen molar-refractivity contribution >= 4 is 24.8 Å². The van der Waals surface area contributed by atoms with Crippen LogP contribution in [-0.2, 0) is 6.54 Å². The average molecular weight is 281 g/mol. The van der Waals surface area contributed by atoms with Gasteiger partial charge in [-0.1, -0.05) is 18.2 Å². The van der Waals surface area contributed by atoms with E-state index >= 15 is 0 Å². The maximum absolute atomic E-state index is 5.27. The zero-order valence-corrected chi connectivity index (χ0v) is 12.2. The maximum atomic E-state index is 5.27. The van der Waals surface area contributed by atoms with Crippen molar-refractivity contribution in [2.75, 3.05) is 34.3 Å². The van der Waals surface area contributed by atoms with Crippen LogP contribution >= 0.6 is 24.8 Å². The van der Waals surface area contributed by atoms with Crippen LogP contribution in [0.1, 0.15) is 5.56 Å². The number of para-hydroxylation sites is 1. The fourth-order valence-electron chi connectivity index (χ4n) is 1.37. The molecule has 0 saturated carbocycles. The number of likely N-dealkylation sites (N-methyl/N-ethyl adjacent to an activating group) is 1. The summed E-state index contributed by atoms with van der Waals surface area (Å²) >= 11 is 0. The molecule has 100 valence electrons. The lowest BCUT2D eigenvalue weighted by Gasteiger charge is -2.12. The van der Waals surface area contributed by atoms with Gasteiger partial charge in [0.25, 0.3) is 0 Å². The minimum Gasteiger partial charge on any atom is -0.496 e. The molecule has 0 radical (unpaired) electrons. The number of halogens is 2. The van der Waals surface area contributed by atoms with Crippen molar-refractivity contribution < 1.29 is 4.74 Å². The Labute approximate surface area is 116 Å². The van der Waals surface area contributed by atoms with E-state index in [2.05, 4.69) is 30.4 Å². The summed E-state index contributed by atoms with van der Waals surface area (Å²) in [5, 5.41) is 3.39. The first kappa shape index (κ1) is 18.9. The predicted octanol–water partition coefficient (Wildman–Crippen LogP) is 2.19. The van der Waals surface area contributed by atoms with Crippen LogP contribution in [0, 0.1) is 0 Å². The van der Waals surface area contributed by atoms with Gasteiger partial charge in [-0.25, -0.2) is 0 Å². The van der Waals surface area contributed by atoms with Crippen molar-refractivity contribution in [2.45, 2.75) is 6.54 Å². The molecular weight excluding hydrogens is 259 g/mol. The number of hydrogen-bond donors (Lipinski definition) is 1. The Hall–Kier alpha value is -0.480. The van der Waals surface area contributed by atoms with Crippen molar-refractivity contribution in [3.8, 4) is 5.75 Å². The Morgan fingerprint density at radius 3 is 2.41 bits per heavy atom. The highest BCUT2D eigenvalue weighted by Crippen LogP contribution is 2.16. The number of nitrogens with zero attached hydrogens (tertiary/aromatic N) is 1. The molecule has 17 heavy (non-hydrogen) atoms. The molecule has 0 saturated heterocycles. The van der Waals surface area contributed by atoms with Gasteiger partial charge in [0, 0.05) is 25.2 Å². The average Bonchev–Trinajstić information content (AvgIpc) is 2.24. The molecule has 1 N–H and O–H groups in total. The van der Waals surface area contributed by atoms with Crippen LogP contribution in [0.4, 0.5) is 0 Å². The summed E-state index contributed by atoms with van der Waals surface area (Å²) in [6, 6.07) is 8.10. The van der Waals surface area contributed by atoms with Gasteiger partial charge in [0.15, 0.2) is 0 Å². The molecule has 0 aromatic heterocycles. The smallest absolute Gasteiger partial charge is 0.123 e. The molecule has 3 nitrogen and oxygen atoms in total. The molecule has 1 rings (SSSR count). The molecule has 0 atom stereocenters. The predicted molar refractivity (Wildman–Crippen MR) is 77.8 cm³/mol. The second-order valence-corrected chi connectivity index (χ2v) is 3.79. The number of ether oxygens (including phenoxy) is 1. The molecule has 0 aliphatic heterocycles. The fraction of sp³-hybridized carbons (Fsp3) is 0.500. The van der Waals surface area contributed by atoms with Crippen molar-refractivity contribution in [3.63, 3.8) is 0 Å². The Kier molecular flexibility index (Phi) is 11.8. The Balaban J connectivity index is 0. The lowest BCUT2D eigenvalue weighted by atomic mass is 10.2. The second-order valence-electron chi connectivity index (χ2n) is 3.79. The summed E-state index contributed by atoms with van der Waals surface area (Å²) in [4.78, 5) is 2.16. The standard InChI is InChI=1S/C12H20N2O.2ClH/c1-14(2)9-8-13-10-11-6-4-5-7-12(11)15-3;;/h4-7,13H,8-10H2,1-3H3;2*1H.